The number of rotatable bonds is 6. The standard InChI is InChI=1S/C18H26N4O4/c1-11(2)16-21-17(26-22-16)15(13-6-9-24-10-7-13)20-18(23)19-12(3)14-5-4-8-25-14/h4-5,8,11-13,15H,6-7,9-10H2,1-3H3,(H2,19,20,23)/t12-,15-/m0/s1. The molecule has 1 saturated heterocycles. The molecule has 0 bridgehead atoms. The molecule has 1 aliphatic rings. The second-order valence-corrected chi connectivity index (χ2v) is 6.93. The third kappa shape index (κ3) is 4.43. The van der Waals surface area contributed by atoms with Gasteiger partial charge >= 0.3 is 6.03 Å². The fraction of sp³-hybridized carbons (Fsp3) is 0.611. The number of nitrogens with one attached hydrogen (secondary N) is 2. The molecule has 142 valence electrons. The molecule has 1 fully saturated rings. The predicted octanol–water partition coefficient (Wildman–Crippen LogP) is 3.31. The van der Waals surface area contributed by atoms with Crippen LogP contribution >= 0.6 is 0 Å². The van der Waals surface area contributed by atoms with Gasteiger partial charge in [0.15, 0.2) is 5.82 Å². The summed E-state index contributed by atoms with van der Waals surface area (Å²) in [6, 6.07) is 2.74. The van der Waals surface area contributed by atoms with Gasteiger partial charge in [-0.2, -0.15) is 4.98 Å². The summed E-state index contributed by atoms with van der Waals surface area (Å²) in [7, 11) is 0. The Morgan fingerprint density at radius 2 is 2.00 bits per heavy atom. The average molecular weight is 362 g/mol. The second-order valence-electron chi connectivity index (χ2n) is 6.93. The van der Waals surface area contributed by atoms with E-state index in [2.05, 4.69) is 20.8 Å². The molecule has 0 radical (unpaired) electrons. The number of nitrogens with zero attached hydrogens (tertiary/aromatic N) is 2. The van der Waals surface area contributed by atoms with Gasteiger partial charge in [-0.3, -0.25) is 0 Å². The summed E-state index contributed by atoms with van der Waals surface area (Å²) in [4.78, 5) is 17.0. The smallest absolute Gasteiger partial charge is 0.316 e. The maximum atomic E-state index is 12.5. The molecule has 26 heavy (non-hydrogen) atoms. The van der Waals surface area contributed by atoms with E-state index in [1.54, 1.807) is 12.3 Å². The lowest BCUT2D eigenvalue weighted by Gasteiger charge is -2.29. The zero-order valence-corrected chi connectivity index (χ0v) is 15.4. The molecular formula is C18H26N4O4. The Labute approximate surface area is 152 Å². The van der Waals surface area contributed by atoms with E-state index in [-0.39, 0.29) is 30.0 Å². The lowest BCUT2D eigenvalue weighted by Crippen LogP contribution is -2.42. The molecule has 8 heteroatoms. The van der Waals surface area contributed by atoms with Crippen LogP contribution in [0.1, 0.15) is 69.1 Å². The van der Waals surface area contributed by atoms with E-state index in [1.807, 2.05) is 26.8 Å². The highest BCUT2D eigenvalue weighted by atomic mass is 16.5. The fourth-order valence-corrected chi connectivity index (χ4v) is 3.03. The van der Waals surface area contributed by atoms with Gasteiger partial charge < -0.3 is 24.3 Å². The minimum atomic E-state index is -0.345. The Bertz CT molecular complexity index is 692. The van der Waals surface area contributed by atoms with Crippen molar-refractivity contribution >= 4 is 6.03 Å². The van der Waals surface area contributed by atoms with Crippen LogP contribution in [0.3, 0.4) is 0 Å². The molecule has 0 unspecified atom stereocenters. The van der Waals surface area contributed by atoms with Crippen molar-refractivity contribution in [1.82, 2.24) is 20.8 Å². The zero-order chi connectivity index (χ0) is 18.5. The molecule has 8 nitrogen and oxygen atoms in total. The van der Waals surface area contributed by atoms with Gasteiger partial charge in [-0.15, -0.1) is 0 Å². The summed E-state index contributed by atoms with van der Waals surface area (Å²) in [5.74, 6) is 2.14. The number of carbonyl (C=O) groups is 1. The molecule has 0 aliphatic carbocycles. The van der Waals surface area contributed by atoms with Crippen molar-refractivity contribution in [3.63, 3.8) is 0 Å². The third-order valence-electron chi connectivity index (χ3n) is 4.58. The Hall–Kier alpha value is -2.35. The minimum Gasteiger partial charge on any atom is -0.467 e. The van der Waals surface area contributed by atoms with Gasteiger partial charge in [0.25, 0.3) is 0 Å². The van der Waals surface area contributed by atoms with Crippen molar-refractivity contribution in [2.45, 2.75) is 51.6 Å². The molecule has 2 atom stereocenters. The van der Waals surface area contributed by atoms with E-state index in [0.29, 0.717) is 30.7 Å². The summed E-state index contributed by atoms with van der Waals surface area (Å²) in [5.41, 5.74) is 0. The van der Waals surface area contributed by atoms with Crippen LogP contribution in [-0.2, 0) is 4.74 Å². The maximum absolute atomic E-state index is 12.5. The highest BCUT2D eigenvalue weighted by Crippen LogP contribution is 2.30. The first-order valence-corrected chi connectivity index (χ1v) is 9.06. The second kappa shape index (κ2) is 8.35. The predicted molar refractivity (Wildman–Crippen MR) is 93.5 cm³/mol. The average Bonchev–Trinajstić information content (AvgIpc) is 3.32. The van der Waals surface area contributed by atoms with Crippen molar-refractivity contribution in [3.8, 4) is 0 Å². The molecule has 2 aromatic rings. The fourth-order valence-electron chi connectivity index (χ4n) is 3.03. The van der Waals surface area contributed by atoms with Crippen molar-refractivity contribution in [3.05, 3.63) is 35.9 Å². The van der Waals surface area contributed by atoms with Crippen LogP contribution in [0.5, 0.6) is 0 Å². The molecule has 2 aromatic heterocycles. The lowest BCUT2D eigenvalue weighted by molar-refractivity contribution is 0.0502. The van der Waals surface area contributed by atoms with Crippen LogP contribution in [0.15, 0.2) is 27.3 Å². The molecule has 3 heterocycles. The van der Waals surface area contributed by atoms with Crippen molar-refractivity contribution in [2.24, 2.45) is 5.92 Å². The molecule has 0 aromatic carbocycles. The number of urea groups is 1. The number of hydrogen-bond acceptors (Lipinski definition) is 6. The van der Waals surface area contributed by atoms with E-state index < -0.39 is 0 Å². The molecule has 1 aliphatic heterocycles. The van der Waals surface area contributed by atoms with Gasteiger partial charge in [-0.1, -0.05) is 19.0 Å². The first-order chi connectivity index (χ1) is 12.5. The molecule has 2 N–H and O–H groups in total. The highest BCUT2D eigenvalue weighted by molar-refractivity contribution is 5.74. The van der Waals surface area contributed by atoms with Gasteiger partial charge in [-0.25, -0.2) is 4.79 Å². The number of furan rings is 1. The van der Waals surface area contributed by atoms with Crippen LogP contribution in [0.25, 0.3) is 0 Å². The van der Waals surface area contributed by atoms with Crippen LogP contribution in [-0.4, -0.2) is 29.4 Å². The molecule has 2 amide bonds. The number of carbonyl (C=O) groups excluding carboxylic acids is 1. The monoisotopic (exact) mass is 362 g/mol. The topological polar surface area (TPSA) is 102 Å². The first-order valence-electron chi connectivity index (χ1n) is 9.06. The summed E-state index contributed by atoms with van der Waals surface area (Å²) in [5, 5.41) is 9.93. The number of aromatic nitrogens is 2. The van der Waals surface area contributed by atoms with Crippen LogP contribution in [0, 0.1) is 5.92 Å². The van der Waals surface area contributed by atoms with Crippen molar-refractivity contribution in [1.29, 1.82) is 0 Å². The van der Waals surface area contributed by atoms with Crippen molar-refractivity contribution < 1.29 is 18.5 Å². The number of amides is 2. The number of ether oxygens (including phenoxy) is 1. The third-order valence-corrected chi connectivity index (χ3v) is 4.58. The summed E-state index contributed by atoms with van der Waals surface area (Å²) < 4.78 is 16.2. The molecule has 0 spiro atoms. The van der Waals surface area contributed by atoms with Crippen LogP contribution in [0.4, 0.5) is 4.79 Å². The van der Waals surface area contributed by atoms with Crippen LogP contribution < -0.4 is 10.6 Å². The highest BCUT2D eigenvalue weighted by Gasteiger charge is 2.32. The minimum absolute atomic E-state index is 0.163. The van der Waals surface area contributed by atoms with E-state index in [1.165, 1.54) is 0 Å². The van der Waals surface area contributed by atoms with E-state index in [0.717, 1.165) is 12.8 Å². The Balaban J connectivity index is 1.71. The van der Waals surface area contributed by atoms with Gasteiger partial charge in [0.1, 0.15) is 11.8 Å². The van der Waals surface area contributed by atoms with Crippen molar-refractivity contribution in [2.75, 3.05) is 13.2 Å². The SMILES string of the molecule is CC(C)c1noc([C@@H](NC(=O)N[C@@H](C)c2ccco2)C2CCOCC2)n1. The summed E-state index contributed by atoms with van der Waals surface area (Å²) >= 11 is 0. The lowest BCUT2D eigenvalue weighted by atomic mass is 9.91. The van der Waals surface area contributed by atoms with E-state index in [4.69, 9.17) is 13.7 Å². The summed E-state index contributed by atoms with van der Waals surface area (Å²) in [6.07, 6.45) is 3.25. The Kier molecular flexibility index (Phi) is 5.92. The van der Waals surface area contributed by atoms with E-state index in [9.17, 15) is 4.79 Å². The normalized spacial score (nSPS) is 17.8. The van der Waals surface area contributed by atoms with Gasteiger partial charge in [0.05, 0.1) is 12.3 Å². The Morgan fingerprint density at radius 3 is 2.62 bits per heavy atom. The Morgan fingerprint density at radius 1 is 1.23 bits per heavy atom. The summed E-state index contributed by atoms with van der Waals surface area (Å²) in [6.45, 7) is 7.20. The van der Waals surface area contributed by atoms with Gasteiger partial charge in [0.2, 0.25) is 5.89 Å². The maximum Gasteiger partial charge on any atom is 0.316 e. The zero-order valence-electron chi connectivity index (χ0n) is 15.4. The molecular weight excluding hydrogens is 336 g/mol. The van der Waals surface area contributed by atoms with Gasteiger partial charge in [0, 0.05) is 19.1 Å². The molecule has 0 saturated carbocycles. The van der Waals surface area contributed by atoms with Crippen LogP contribution in [0.2, 0.25) is 0 Å². The first kappa shape index (κ1) is 18.4. The quantitative estimate of drug-likeness (QED) is 0.817. The number of hydrogen-bond donors (Lipinski definition) is 2. The largest absolute Gasteiger partial charge is 0.467 e. The van der Waals surface area contributed by atoms with E-state index >= 15 is 0 Å². The molecule has 3 rings (SSSR count). The van der Waals surface area contributed by atoms with Gasteiger partial charge in [-0.05, 0) is 37.8 Å².